The predicted molar refractivity (Wildman–Crippen MR) is 280 cm³/mol. The predicted octanol–water partition coefficient (Wildman–Crippen LogP) is 12.8. The Morgan fingerprint density at radius 1 is 0.308 bits per heavy atom. The van der Waals surface area contributed by atoms with Gasteiger partial charge in [0.25, 0.3) is 0 Å². The molecule has 0 aliphatic heterocycles. The van der Waals surface area contributed by atoms with Crippen LogP contribution >= 0.6 is 22.7 Å². The quantitative estimate of drug-likeness (QED) is 0.123. The van der Waals surface area contributed by atoms with Gasteiger partial charge in [-0.05, 0) is 57.1 Å². The molecule has 14 rings (SSSR count). The van der Waals surface area contributed by atoms with E-state index in [1.54, 1.807) is 0 Å². The van der Waals surface area contributed by atoms with Crippen molar-refractivity contribution >= 4 is 135 Å². The standard InChI is InChI=1S/C58H36N4S2Si/c1-3-15-37(16-4-1)65(38-17-5-2-6-18-38,53-29-13-23-43-41-21-11-27-51(55(41)63-57(43)53)61-47-25-9-7-19-39(47)45-35-59-33-31-49(45)61)54-30-14-24-44-42-22-12-28-52(56(42)64-58(44)54)62-48-26-10-8-20-40(48)46-36-60-34-32-50(46)62/h1-36H. The Kier molecular flexibility index (Phi) is 8.01. The maximum absolute atomic E-state index is 4.56. The number of fused-ring (bicyclic) bond motifs is 12. The van der Waals surface area contributed by atoms with E-state index in [1.807, 2.05) is 47.5 Å². The van der Waals surface area contributed by atoms with Crippen LogP contribution in [0.15, 0.2) is 219 Å². The Balaban J connectivity index is 1.10. The number of thiophene rings is 2. The Morgan fingerprint density at radius 2 is 0.677 bits per heavy atom. The lowest BCUT2D eigenvalue weighted by atomic mass is 10.1. The number of para-hydroxylation sites is 2. The van der Waals surface area contributed by atoms with E-state index in [-0.39, 0.29) is 0 Å². The van der Waals surface area contributed by atoms with Crippen LogP contribution in [-0.4, -0.2) is 27.2 Å². The van der Waals surface area contributed by atoms with Crippen LogP contribution in [0.2, 0.25) is 0 Å². The SMILES string of the molecule is c1ccc([Si](c2ccccc2)(c2cccc3c2sc2c(-n4c5ccccc5c5cnccc54)cccc23)c2cccc3c2sc2c(-n4c5ccccc5c5cnccc54)cccc23)cc1. The van der Waals surface area contributed by atoms with Gasteiger partial charge in [0.05, 0.1) is 42.8 Å². The van der Waals surface area contributed by atoms with E-state index < -0.39 is 8.07 Å². The van der Waals surface area contributed by atoms with Crippen LogP contribution in [0.4, 0.5) is 0 Å². The topological polar surface area (TPSA) is 35.6 Å². The highest BCUT2D eigenvalue weighted by Crippen LogP contribution is 2.43. The number of hydrogen-bond donors (Lipinski definition) is 0. The first kappa shape index (κ1) is 36.8. The van der Waals surface area contributed by atoms with Crippen molar-refractivity contribution in [3.8, 4) is 11.4 Å². The molecule has 0 N–H and O–H groups in total. The Hall–Kier alpha value is -7.68. The number of nitrogens with zero attached hydrogens (tertiary/aromatic N) is 4. The molecule has 0 radical (unpaired) electrons. The maximum Gasteiger partial charge on any atom is 0.182 e. The van der Waals surface area contributed by atoms with Gasteiger partial charge in [0, 0.05) is 77.3 Å². The molecule has 7 heteroatoms. The summed E-state index contributed by atoms with van der Waals surface area (Å²) in [5.74, 6) is 0. The fraction of sp³-hybridized carbons (Fsp3) is 0. The second-order valence-corrected chi connectivity index (χ2v) is 22.6. The van der Waals surface area contributed by atoms with Crippen LogP contribution in [0.3, 0.4) is 0 Å². The molecule has 0 aliphatic rings. The van der Waals surface area contributed by atoms with E-state index >= 15 is 0 Å². The molecule has 0 saturated carbocycles. The minimum atomic E-state index is -3.11. The van der Waals surface area contributed by atoms with Crippen molar-refractivity contribution in [3.05, 3.63) is 219 Å². The molecule has 0 unspecified atom stereocenters. The summed E-state index contributed by atoms with van der Waals surface area (Å²) < 4.78 is 10.1. The monoisotopic (exact) mass is 880 g/mol. The van der Waals surface area contributed by atoms with Gasteiger partial charge < -0.3 is 9.13 Å². The van der Waals surface area contributed by atoms with Gasteiger partial charge in [0.1, 0.15) is 0 Å². The van der Waals surface area contributed by atoms with Crippen molar-refractivity contribution in [1.82, 2.24) is 19.1 Å². The normalized spacial score (nSPS) is 12.3. The molecule has 0 atom stereocenters. The van der Waals surface area contributed by atoms with Crippen molar-refractivity contribution in [1.29, 1.82) is 0 Å². The largest absolute Gasteiger partial charge is 0.308 e. The molecule has 14 aromatic rings. The number of benzene rings is 8. The Labute approximate surface area is 382 Å². The summed E-state index contributed by atoms with van der Waals surface area (Å²) in [5, 5.41) is 15.4. The average Bonchev–Trinajstić information content (AvgIpc) is 4.14. The van der Waals surface area contributed by atoms with Gasteiger partial charge >= 0.3 is 0 Å². The van der Waals surface area contributed by atoms with Crippen LogP contribution in [0.5, 0.6) is 0 Å². The Bertz CT molecular complexity index is 3820. The molecule has 6 heterocycles. The molecular formula is C58H36N4S2Si. The van der Waals surface area contributed by atoms with Crippen LogP contribution in [-0.2, 0) is 0 Å². The van der Waals surface area contributed by atoms with Gasteiger partial charge in [-0.25, -0.2) is 0 Å². The van der Waals surface area contributed by atoms with Gasteiger partial charge in [-0.3, -0.25) is 9.97 Å². The molecular weight excluding hydrogens is 845 g/mol. The molecule has 65 heavy (non-hydrogen) atoms. The third kappa shape index (κ3) is 5.11. The van der Waals surface area contributed by atoms with Crippen molar-refractivity contribution in [2.75, 3.05) is 0 Å². The highest BCUT2D eigenvalue weighted by atomic mass is 32.1. The fourth-order valence-corrected chi connectivity index (χ4v) is 19.6. The van der Waals surface area contributed by atoms with Crippen molar-refractivity contribution < 1.29 is 0 Å². The third-order valence-electron chi connectivity index (χ3n) is 13.7. The lowest BCUT2D eigenvalue weighted by molar-refractivity contribution is 1.19. The van der Waals surface area contributed by atoms with Gasteiger partial charge in [-0.1, -0.05) is 158 Å². The number of rotatable bonds is 6. The van der Waals surface area contributed by atoms with E-state index in [2.05, 4.69) is 213 Å². The van der Waals surface area contributed by atoms with Crippen LogP contribution < -0.4 is 20.7 Å². The maximum atomic E-state index is 4.56. The molecule has 0 aliphatic carbocycles. The summed E-state index contributed by atoms with van der Waals surface area (Å²) in [6.07, 6.45) is 7.85. The summed E-state index contributed by atoms with van der Waals surface area (Å²) in [4.78, 5) is 9.12. The molecule has 304 valence electrons. The molecule has 0 spiro atoms. The summed E-state index contributed by atoms with van der Waals surface area (Å²) >= 11 is 3.90. The summed E-state index contributed by atoms with van der Waals surface area (Å²) in [6, 6.07) is 72.6. The molecule has 8 aromatic carbocycles. The van der Waals surface area contributed by atoms with Crippen molar-refractivity contribution in [3.63, 3.8) is 0 Å². The highest BCUT2D eigenvalue weighted by Gasteiger charge is 2.44. The molecule has 0 fully saturated rings. The lowest BCUT2D eigenvalue weighted by Crippen LogP contribution is -2.74. The second-order valence-electron chi connectivity index (χ2n) is 16.8. The van der Waals surface area contributed by atoms with E-state index in [0.29, 0.717) is 0 Å². The van der Waals surface area contributed by atoms with Crippen LogP contribution in [0.1, 0.15) is 0 Å². The smallest absolute Gasteiger partial charge is 0.182 e. The molecule has 0 amide bonds. The number of aromatic nitrogens is 4. The molecule has 0 bridgehead atoms. The third-order valence-corrected chi connectivity index (χ3v) is 21.4. The fourth-order valence-electron chi connectivity index (χ4n) is 11.0. The first-order valence-corrected chi connectivity index (χ1v) is 25.6. The zero-order chi connectivity index (χ0) is 42.6. The van der Waals surface area contributed by atoms with Gasteiger partial charge in [-0.15, -0.1) is 22.7 Å². The first-order chi connectivity index (χ1) is 32.3. The zero-order valence-corrected chi connectivity index (χ0v) is 37.5. The average molecular weight is 881 g/mol. The van der Waals surface area contributed by atoms with Crippen molar-refractivity contribution in [2.45, 2.75) is 0 Å². The highest BCUT2D eigenvalue weighted by molar-refractivity contribution is 7.34. The van der Waals surface area contributed by atoms with E-state index in [0.717, 1.165) is 21.8 Å². The van der Waals surface area contributed by atoms with E-state index in [4.69, 9.17) is 0 Å². The minimum Gasteiger partial charge on any atom is -0.308 e. The molecule has 4 nitrogen and oxygen atoms in total. The lowest BCUT2D eigenvalue weighted by Gasteiger charge is -2.35. The summed E-state index contributed by atoms with van der Waals surface area (Å²) in [6.45, 7) is 0. The van der Waals surface area contributed by atoms with Crippen LogP contribution in [0, 0.1) is 0 Å². The van der Waals surface area contributed by atoms with E-state index in [9.17, 15) is 0 Å². The first-order valence-electron chi connectivity index (χ1n) is 22.0. The molecule has 0 saturated heterocycles. The second kappa shape index (κ2) is 14.2. The number of pyridine rings is 2. The summed E-state index contributed by atoms with van der Waals surface area (Å²) in [7, 11) is -3.11. The zero-order valence-electron chi connectivity index (χ0n) is 34.9. The van der Waals surface area contributed by atoms with Crippen LogP contribution in [0.25, 0.3) is 95.3 Å². The van der Waals surface area contributed by atoms with Crippen molar-refractivity contribution in [2.24, 2.45) is 0 Å². The van der Waals surface area contributed by atoms with Gasteiger partial charge in [0.15, 0.2) is 8.07 Å². The van der Waals surface area contributed by atoms with Gasteiger partial charge in [-0.2, -0.15) is 0 Å². The minimum absolute atomic E-state index is 1.16. The summed E-state index contributed by atoms with van der Waals surface area (Å²) in [5.41, 5.74) is 7.09. The Morgan fingerprint density at radius 3 is 1.14 bits per heavy atom. The van der Waals surface area contributed by atoms with E-state index in [1.165, 1.54) is 94.3 Å². The van der Waals surface area contributed by atoms with Gasteiger partial charge in [0.2, 0.25) is 0 Å². The number of hydrogen-bond acceptors (Lipinski definition) is 4. The molecule has 6 aromatic heterocycles.